The van der Waals surface area contributed by atoms with Gasteiger partial charge in [0.15, 0.2) is 0 Å². The van der Waals surface area contributed by atoms with Crippen LogP contribution in [0.25, 0.3) is 0 Å². The third-order valence-electron chi connectivity index (χ3n) is 4.73. The maximum atomic E-state index is 13.0. The van der Waals surface area contributed by atoms with Crippen LogP contribution in [0.4, 0.5) is 18.9 Å². The Morgan fingerprint density at radius 2 is 1.81 bits per heavy atom. The number of rotatable bonds is 7. The molecule has 27 heavy (non-hydrogen) atoms. The highest BCUT2D eigenvalue weighted by atomic mass is 19.4. The number of amides is 1. The van der Waals surface area contributed by atoms with E-state index >= 15 is 0 Å². The molecule has 1 heterocycles. The van der Waals surface area contributed by atoms with E-state index in [2.05, 4.69) is 29.4 Å². The minimum Gasteiger partial charge on any atom is -0.325 e. The molecule has 1 atom stereocenters. The zero-order valence-corrected chi connectivity index (χ0v) is 16.3. The third-order valence-corrected chi connectivity index (χ3v) is 4.73. The number of piperidine rings is 1. The maximum absolute atomic E-state index is 13.0. The van der Waals surface area contributed by atoms with E-state index in [4.69, 9.17) is 0 Å². The van der Waals surface area contributed by atoms with E-state index < -0.39 is 17.6 Å². The van der Waals surface area contributed by atoms with Gasteiger partial charge >= 0.3 is 6.18 Å². The first-order valence-electron chi connectivity index (χ1n) is 9.59. The SMILES string of the molecule is CC(C)CN1CCC(NC(C)CC(=O)Nc2ccccc2C(F)(F)F)CC1. The second kappa shape index (κ2) is 9.55. The lowest BCUT2D eigenvalue weighted by Gasteiger charge is -2.34. The number of halogens is 3. The van der Waals surface area contributed by atoms with Gasteiger partial charge in [-0.25, -0.2) is 0 Å². The smallest absolute Gasteiger partial charge is 0.325 e. The molecule has 1 aliphatic rings. The average Bonchev–Trinajstić information content (AvgIpc) is 2.55. The predicted octanol–water partition coefficient (Wildman–Crippen LogP) is 4.13. The highest BCUT2D eigenvalue weighted by Crippen LogP contribution is 2.34. The number of benzene rings is 1. The van der Waals surface area contributed by atoms with Crippen molar-refractivity contribution in [3.63, 3.8) is 0 Å². The molecule has 0 radical (unpaired) electrons. The highest BCUT2D eigenvalue weighted by molar-refractivity contribution is 5.92. The predicted molar refractivity (Wildman–Crippen MR) is 102 cm³/mol. The molecule has 0 bridgehead atoms. The molecular weight excluding hydrogens is 355 g/mol. The molecule has 1 aliphatic heterocycles. The lowest BCUT2D eigenvalue weighted by atomic mass is 10.0. The second-order valence-electron chi connectivity index (χ2n) is 7.83. The Balaban J connectivity index is 1.80. The normalized spacial score (nSPS) is 17.9. The number of nitrogens with zero attached hydrogens (tertiary/aromatic N) is 1. The van der Waals surface area contributed by atoms with E-state index in [0.717, 1.165) is 38.5 Å². The molecule has 4 nitrogen and oxygen atoms in total. The number of nitrogens with one attached hydrogen (secondary N) is 2. The van der Waals surface area contributed by atoms with E-state index in [1.807, 2.05) is 6.92 Å². The highest BCUT2D eigenvalue weighted by Gasteiger charge is 2.33. The summed E-state index contributed by atoms with van der Waals surface area (Å²) in [4.78, 5) is 14.6. The number of hydrogen-bond acceptors (Lipinski definition) is 3. The molecule has 0 saturated carbocycles. The minimum atomic E-state index is -4.49. The number of carbonyl (C=O) groups excluding carboxylic acids is 1. The van der Waals surface area contributed by atoms with Crippen LogP contribution in [-0.4, -0.2) is 42.5 Å². The van der Waals surface area contributed by atoms with Gasteiger partial charge in [0, 0.05) is 25.0 Å². The van der Waals surface area contributed by atoms with Gasteiger partial charge in [-0.1, -0.05) is 26.0 Å². The summed E-state index contributed by atoms with van der Waals surface area (Å²) in [5.74, 6) is 0.237. The number of alkyl halides is 3. The molecule has 0 aliphatic carbocycles. The zero-order valence-electron chi connectivity index (χ0n) is 16.3. The average molecular weight is 385 g/mol. The Labute approximate surface area is 159 Å². The quantitative estimate of drug-likeness (QED) is 0.742. The Bertz CT molecular complexity index is 611. The molecule has 2 rings (SSSR count). The summed E-state index contributed by atoms with van der Waals surface area (Å²) in [6.45, 7) is 9.49. The van der Waals surface area contributed by atoms with Crippen LogP contribution < -0.4 is 10.6 Å². The summed E-state index contributed by atoms with van der Waals surface area (Å²) in [6, 6.07) is 5.31. The summed E-state index contributed by atoms with van der Waals surface area (Å²) in [5, 5.41) is 5.85. The van der Waals surface area contributed by atoms with Crippen molar-refractivity contribution in [1.82, 2.24) is 10.2 Å². The number of para-hydroxylation sites is 1. The third kappa shape index (κ3) is 7.14. The van der Waals surface area contributed by atoms with Crippen molar-refractivity contribution >= 4 is 11.6 Å². The van der Waals surface area contributed by atoms with Crippen LogP contribution in [0.2, 0.25) is 0 Å². The molecule has 152 valence electrons. The van der Waals surface area contributed by atoms with Crippen LogP contribution in [0.5, 0.6) is 0 Å². The Morgan fingerprint density at radius 1 is 1.19 bits per heavy atom. The first kappa shape index (κ1) is 21.7. The van der Waals surface area contributed by atoms with Gasteiger partial charge < -0.3 is 15.5 Å². The van der Waals surface area contributed by atoms with Gasteiger partial charge in [0.05, 0.1) is 11.3 Å². The van der Waals surface area contributed by atoms with Crippen LogP contribution >= 0.6 is 0 Å². The fourth-order valence-corrected chi connectivity index (χ4v) is 3.58. The van der Waals surface area contributed by atoms with E-state index in [1.165, 1.54) is 18.2 Å². The Hall–Kier alpha value is -1.60. The van der Waals surface area contributed by atoms with Crippen molar-refractivity contribution in [3.05, 3.63) is 29.8 Å². The molecule has 2 N–H and O–H groups in total. The van der Waals surface area contributed by atoms with Crippen molar-refractivity contribution in [1.29, 1.82) is 0 Å². The molecule has 1 aromatic carbocycles. The second-order valence-corrected chi connectivity index (χ2v) is 7.83. The molecule has 7 heteroatoms. The number of hydrogen-bond donors (Lipinski definition) is 2. The van der Waals surface area contributed by atoms with Gasteiger partial charge in [-0.2, -0.15) is 13.2 Å². The Kier molecular flexibility index (Phi) is 7.68. The number of likely N-dealkylation sites (tertiary alicyclic amines) is 1. The van der Waals surface area contributed by atoms with Gasteiger partial charge in [0.25, 0.3) is 0 Å². The standard InChI is InChI=1S/C20H30F3N3O/c1-14(2)13-26-10-8-16(9-11-26)24-15(3)12-19(27)25-18-7-5-4-6-17(18)20(21,22)23/h4-7,14-16,24H,8-13H2,1-3H3,(H,25,27). The lowest BCUT2D eigenvalue weighted by Crippen LogP contribution is -2.46. The van der Waals surface area contributed by atoms with Crippen molar-refractivity contribution in [2.45, 2.75) is 58.3 Å². The maximum Gasteiger partial charge on any atom is 0.418 e. The van der Waals surface area contributed by atoms with Crippen LogP contribution in [0.1, 0.15) is 45.6 Å². The first-order chi connectivity index (χ1) is 12.6. The van der Waals surface area contributed by atoms with Crippen molar-refractivity contribution in [2.75, 3.05) is 25.0 Å². The minimum absolute atomic E-state index is 0.0929. The first-order valence-corrected chi connectivity index (χ1v) is 9.59. The van der Waals surface area contributed by atoms with Gasteiger partial charge in [0.2, 0.25) is 5.91 Å². The number of anilines is 1. The molecule has 1 aromatic rings. The molecule has 0 spiro atoms. The van der Waals surface area contributed by atoms with Gasteiger partial charge in [0.1, 0.15) is 0 Å². The summed E-state index contributed by atoms with van der Waals surface area (Å²) in [6.07, 6.45) is -2.30. The largest absolute Gasteiger partial charge is 0.418 e. The van der Waals surface area contributed by atoms with Crippen molar-refractivity contribution in [2.24, 2.45) is 5.92 Å². The van der Waals surface area contributed by atoms with Crippen LogP contribution in [-0.2, 0) is 11.0 Å². The van der Waals surface area contributed by atoms with Crippen LogP contribution in [0, 0.1) is 5.92 Å². The van der Waals surface area contributed by atoms with Gasteiger partial charge in [-0.3, -0.25) is 4.79 Å². The zero-order chi connectivity index (χ0) is 20.0. The summed E-state index contributed by atoms with van der Waals surface area (Å²) >= 11 is 0. The molecule has 1 saturated heterocycles. The molecule has 1 unspecified atom stereocenters. The molecular formula is C20H30F3N3O. The van der Waals surface area contributed by atoms with Crippen molar-refractivity contribution in [3.8, 4) is 0 Å². The van der Waals surface area contributed by atoms with E-state index in [1.54, 1.807) is 0 Å². The van der Waals surface area contributed by atoms with Crippen LogP contribution in [0.15, 0.2) is 24.3 Å². The Morgan fingerprint density at radius 3 is 2.41 bits per heavy atom. The summed E-state index contributed by atoms with van der Waals surface area (Å²) in [5.41, 5.74) is -1.01. The summed E-state index contributed by atoms with van der Waals surface area (Å²) < 4.78 is 39.0. The molecule has 0 aromatic heterocycles. The van der Waals surface area contributed by atoms with E-state index in [0.29, 0.717) is 12.0 Å². The van der Waals surface area contributed by atoms with Gasteiger partial charge in [-0.05, 0) is 50.9 Å². The molecule has 1 fully saturated rings. The monoisotopic (exact) mass is 385 g/mol. The topological polar surface area (TPSA) is 44.4 Å². The van der Waals surface area contributed by atoms with Crippen molar-refractivity contribution < 1.29 is 18.0 Å². The lowest BCUT2D eigenvalue weighted by molar-refractivity contribution is -0.137. The molecule has 1 amide bonds. The number of carbonyl (C=O) groups is 1. The summed E-state index contributed by atoms with van der Waals surface area (Å²) in [7, 11) is 0. The van der Waals surface area contributed by atoms with E-state index in [-0.39, 0.29) is 18.2 Å². The fraction of sp³-hybridized carbons (Fsp3) is 0.650. The van der Waals surface area contributed by atoms with Gasteiger partial charge in [-0.15, -0.1) is 0 Å². The van der Waals surface area contributed by atoms with E-state index in [9.17, 15) is 18.0 Å². The fourth-order valence-electron chi connectivity index (χ4n) is 3.58. The van der Waals surface area contributed by atoms with Crippen LogP contribution in [0.3, 0.4) is 0 Å².